The lowest BCUT2D eigenvalue weighted by molar-refractivity contribution is -0.135. The Labute approximate surface area is 128 Å². The quantitative estimate of drug-likeness (QED) is 0.404. The topological polar surface area (TPSA) is 63.2 Å². The first-order valence-corrected chi connectivity index (χ1v) is 6.88. The van der Waals surface area contributed by atoms with Crippen molar-refractivity contribution in [1.82, 2.24) is 0 Å². The van der Waals surface area contributed by atoms with Gasteiger partial charge in [0, 0.05) is 16.2 Å². The number of methoxy groups -OCH3 is 1. The van der Waals surface area contributed by atoms with Gasteiger partial charge in [0.2, 0.25) is 0 Å². The molecule has 0 saturated carbocycles. The summed E-state index contributed by atoms with van der Waals surface area (Å²) in [7, 11) is 1.23. The maximum absolute atomic E-state index is 11.5. The average Bonchev–Trinajstić information content (AvgIpc) is 2.90. The van der Waals surface area contributed by atoms with Crippen LogP contribution in [-0.2, 0) is 9.53 Å². The predicted octanol–water partition coefficient (Wildman–Crippen LogP) is 3.89. The van der Waals surface area contributed by atoms with Crippen molar-refractivity contribution in [3.05, 3.63) is 41.2 Å². The molecule has 5 heteroatoms. The number of hydrogen-bond acceptors (Lipinski definition) is 5. The fraction of sp³-hybridized carbons (Fsp3) is 0.250. The van der Waals surface area contributed by atoms with Crippen LogP contribution in [0.5, 0.6) is 0 Å². The van der Waals surface area contributed by atoms with Crippen molar-refractivity contribution in [2.24, 2.45) is 0 Å². The summed E-state index contributed by atoms with van der Waals surface area (Å²) in [6.07, 6.45) is 0. The van der Waals surface area contributed by atoms with E-state index in [-0.39, 0.29) is 16.4 Å². The summed E-state index contributed by atoms with van der Waals surface area (Å²) in [6.45, 7) is 4.10. The highest BCUT2D eigenvalue weighted by Crippen LogP contribution is 2.30. The molecule has 0 N–H and O–H groups in total. The van der Waals surface area contributed by atoms with Crippen LogP contribution in [0.3, 0.4) is 0 Å². The van der Waals surface area contributed by atoms with Gasteiger partial charge in [0.25, 0.3) is 0 Å². The standard InChI is InChI=1S/C16H15NO3S/c1-9(2)13-6-10-4-5-11(7-14(10)20-13)15(21)12(8-17)16(18)19-3/h4-7,9,21H,1-3H3/b15-12+. The molecule has 1 aromatic heterocycles. The summed E-state index contributed by atoms with van der Waals surface area (Å²) >= 11 is 4.28. The van der Waals surface area contributed by atoms with Crippen molar-refractivity contribution in [3.8, 4) is 6.07 Å². The first kappa shape index (κ1) is 15.2. The zero-order chi connectivity index (χ0) is 15.6. The van der Waals surface area contributed by atoms with Crippen LogP contribution >= 0.6 is 12.6 Å². The molecule has 0 saturated heterocycles. The Morgan fingerprint density at radius 3 is 2.67 bits per heavy atom. The summed E-state index contributed by atoms with van der Waals surface area (Å²) in [5.74, 6) is 0.474. The van der Waals surface area contributed by atoms with Crippen LogP contribution in [0.4, 0.5) is 0 Å². The second-order valence-electron chi connectivity index (χ2n) is 4.88. The molecular weight excluding hydrogens is 286 g/mol. The van der Waals surface area contributed by atoms with Crippen LogP contribution in [0.15, 0.2) is 34.3 Å². The molecule has 0 radical (unpaired) electrons. The molecule has 0 aliphatic carbocycles. The maximum atomic E-state index is 11.5. The number of fused-ring (bicyclic) bond motifs is 1. The summed E-state index contributed by atoms with van der Waals surface area (Å²) in [5.41, 5.74) is 1.21. The minimum Gasteiger partial charge on any atom is -0.465 e. The second kappa shape index (κ2) is 6.06. The normalized spacial score (nSPS) is 12.2. The second-order valence-corrected chi connectivity index (χ2v) is 5.33. The highest BCUT2D eigenvalue weighted by molar-refractivity contribution is 7.90. The van der Waals surface area contributed by atoms with Gasteiger partial charge in [-0.3, -0.25) is 0 Å². The van der Waals surface area contributed by atoms with Crippen LogP contribution in [0.1, 0.15) is 31.1 Å². The van der Waals surface area contributed by atoms with E-state index in [1.54, 1.807) is 12.1 Å². The molecule has 0 spiro atoms. The van der Waals surface area contributed by atoms with E-state index in [2.05, 4.69) is 17.4 Å². The number of nitrogens with zero attached hydrogens (tertiary/aromatic N) is 1. The number of benzene rings is 1. The lowest BCUT2D eigenvalue weighted by atomic mass is 10.1. The van der Waals surface area contributed by atoms with Gasteiger partial charge < -0.3 is 9.15 Å². The van der Waals surface area contributed by atoms with E-state index in [1.165, 1.54) is 7.11 Å². The molecule has 0 atom stereocenters. The van der Waals surface area contributed by atoms with Gasteiger partial charge in [0.05, 0.1) is 7.11 Å². The highest BCUT2D eigenvalue weighted by Gasteiger charge is 2.16. The first-order chi connectivity index (χ1) is 9.97. The SMILES string of the molecule is COC(=O)/C(C#N)=C(/S)c1ccc2cc(C(C)C)oc2c1. The van der Waals surface area contributed by atoms with Crippen molar-refractivity contribution in [3.63, 3.8) is 0 Å². The lowest BCUT2D eigenvalue weighted by Crippen LogP contribution is -2.04. The van der Waals surface area contributed by atoms with Crippen molar-refractivity contribution in [2.75, 3.05) is 7.11 Å². The minimum atomic E-state index is -0.704. The average molecular weight is 301 g/mol. The predicted molar refractivity (Wildman–Crippen MR) is 83.8 cm³/mol. The molecule has 0 aliphatic heterocycles. The van der Waals surface area contributed by atoms with Crippen molar-refractivity contribution in [1.29, 1.82) is 5.26 Å². The van der Waals surface area contributed by atoms with E-state index < -0.39 is 5.97 Å². The number of thiol groups is 1. The first-order valence-electron chi connectivity index (χ1n) is 6.43. The summed E-state index contributed by atoms with van der Waals surface area (Å²) < 4.78 is 10.3. The van der Waals surface area contributed by atoms with E-state index in [9.17, 15) is 4.79 Å². The van der Waals surface area contributed by atoms with Crippen molar-refractivity contribution < 1.29 is 13.9 Å². The van der Waals surface area contributed by atoms with Gasteiger partial charge in [0.15, 0.2) is 5.57 Å². The van der Waals surface area contributed by atoms with Gasteiger partial charge in [-0.25, -0.2) is 4.79 Å². The van der Waals surface area contributed by atoms with Crippen LogP contribution in [0, 0.1) is 11.3 Å². The molecule has 0 aliphatic rings. The summed E-state index contributed by atoms with van der Waals surface area (Å²) in [5, 5.41) is 10.0. The van der Waals surface area contributed by atoms with E-state index >= 15 is 0 Å². The zero-order valence-electron chi connectivity index (χ0n) is 12.0. The Hall–Kier alpha value is -2.19. The smallest absolute Gasteiger partial charge is 0.349 e. The largest absolute Gasteiger partial charge is 0.465 e. The van der Waals surface area contributed by atoms with Crippen LogP contribution in [0.25, 0.3) is 15.9 Å². The number of rotatable bonds is 3. The number of nitriles is 1. The van der Waals surface area contributed by atoms with Crippen LogP contribution < -0.4 is 0 Å². The molecule has 2 aromatic rings. The summed E-state index contributed by atoms with van der Waals surface area (Å²) in [6, 6.07) is 9.25. The number of hydrogen-bond donors (Lipinski definition) is 1. The Balaban J connectivity index is 2.54. The molecule has 4 nitrogen and oxygen atoms in total. The molecule has 1 aromatic carbocycles. The monoisotopic (exact) mass is 301 g/mol. The Morgan fingerprint density at radius 2 is 2.10 bits per heavy atom. The van der Waals surface area contributed by atoms with Gasteiger partial charge >= 0.3 is 5.97 Å². The zero-order valence-corrected chi connectivity index (χ0v) is 12.9. The lowest BCUT2D eigenvalue weighted by Gasteiger charge is -2.03. The molecule has 0 fully saturated rings. The minimum absolute atomic E-state index is 0.129. The Morgan fingerprint density at radius 1 is 1.38 bits per heavy atom. The van der Waals surface area contributed by atoms with Gasteiger partial charge in [-0.1, -0.05) is 26.0 Å². The fourth-order valence-electron chi connectivity index (χ4n) is 1.93. The van der Waals surface area contributed by atoms with Crippen molar-refractivity contribution in [2.45, 2.75) is 19.8 Å². The van der Waals surface area contributed by atoms with Gasteiger partial charge in [-0.2, -0.15) is 5.26 Å². The number of esters is 1. The van der Waals surface area contributed by atoms with E-state index in [0.717, 1.165) is 11.1 Å². The molecule has 0 bridgehead atoms. The third-order valence-electron chi connectivity index (χ3n) is 3.12. The van der Waals surface area contributed by atoms with Crippen LogP contribution in [-0.4, -0.2) is 13.1 Å². The number of carbonyl (C=O) groups is 1. The molecule has 21 heavy (non-hydrogen) atoms. The number of carbonyl (C=O) groups excluding carboxylic acids is 1. The molecule has 108 valence electrons. The maximum Gasteiger partial charge on any atom is 0.349 e. The number of furan rings is 1. The number of ether oxygens (including phenoxy) is 1. The molecule has 0 unspecified atom stereocenters. The van der Waals surface area contributed by atoms with Crippen molar-refractivity contribution >= 4 is 34.5 Å². The van der Waals surface area contributed by atoms with Gasteiger partial charge in [0.1, 0.15) is 17.4 Å². The van der Waals surface area contributed by atoms with Gasteiger partial charge in [-0.05, 0) is 17.7 Å². The summed E-state index contributed by atoms with van der Waals surface area (Å²) in [4.78, 5) is 11.8. The molecule has 1 heterocycles. The van der Waals surface area contributed by atoms with Crippen LogP contribution in [0.2, 0.25) is 0 Å². The van der Waals surface area contributed by atoms with E-state index in [1.807, 2.05) is 32.0 Å². The fourth-order valence-corrected chi connectivity index (χ4v) is 2.21. The van der Waals surface area contributed by atoms with E-state index in [0.29, 0.717) is 11.1 Å². The Bertz CT molecular complexity index is 765. The molecule has 0 amide bonds. The third kappa shape index (κ3) is 2.96. The molecule has 2 rings (SSSR count). The molecular formula is C16H15NO3S. The van der Waals surface area contributed by atoms with E-state index in [4.69, 9.17) is 9.68 Å². The van der Waals surface area contributed by atoms with Gasteiger partial charge in [-0.15, -0.1) is 12.6 Å². The third-order valence-corrected chi connectivity index (χ3v) is 3.60. The highest BCUT2D eigenvalue weighted by atomic mass is 32.1. The Kier molecular flexibility index (Phi) is 4.39.